The van der Waals surface area contributed by atoms with Crippen molar-refractivity contribution in [2.75, 3.05) is 0 Å². The molecule has 3 N–H and O–H groups in total. The summed E-state index contributed by atoms with van der Waals surface area (Å²) in [5.41, 5.74) is 5.86. The fourth-order valence-electron chi connectivity index (χ4n) is 1.38. The Morgan fingerprint density at radius 2 is 2.12 bits per heavy atom. The SMILES string of the molecule is Cl.N=C(N)c1c(F)cccc1-n1cccn1. The maximum atomic E-state index is 13.4. The van der Waals surface area contributed by atoms with Gasteiger partial charge in [-0.25, -0.2) is 9.07 Å². The van der Waals surface area contributed by atoms with Crippen molar-refractivity contribution in [3.8, 4) is 5.69 Å². The molecule has 84 valence electrons. The van der Waals surface area contributed by atoms with Crippen LogP contribution in [-0.4, -0.2) is 15.6 Å². The number of aromatic nitrogens is 2. The van der Waals surface area contributed by atoms with Crippen LogP contribution < -0.4 is 5.73 Å². The van der Waals surface area contributed by atoms with E-state index in [0.29, 0.717) is 5.69 Å². The van der Waals surface area contributed by atoms with Gasteiger partial charge in [-0.15, -0.1) is 12.4 Å². The average Bonchev–Trinajstić information content (AvgIpc) is 2.69. The highest BCUT2D eigenvalue weighted by Crippen LogP contribution is 2.16. The zero-order valence-corrected chi connectivity index (χ0v) is 9.04. The number of nitrogen functional groups attached to an aromatic ring is 1. The Kier molecular flexibility index (Phi) is 3.63. The summed E-state index contributed by atoms with van der Waals surface area (Å²) in [4.78, 5) is 0. The van der Waals surface area contributed by atoms with Crippen LogP contribution in [0.2, 0.25) is 0 Å². The van der Waals surface area contributed by atoms with Crippen molar-refractivity contribution in [3.05, 3.63) is 48.0 Å². The zero-order valence-electron chi connectivity index (χ0n) is 8.22. The summed E-state index contributed by atoms with van der Waals surface area (Å²) >= 11 is 0. The van der Waals surface area contributed by atoms with E-state index in [1.54, 1.807) is 30.6 Å². The summed E-state index contributed by atoms with van der Waals surface area (Å²) in [5, 5.41) is 11.3. The molecule has 0 aliphatic heterocycles. The highest BCUT2D eigenvalue weighted by atomic mass is 35.5. The van der Waals surface area contributed by atoms with Gasteiger partial charge in [0.2, 0.25) is 0 Å². The van der Waals surface area contributed by atoms with Crippen LogP contribution in [0.3, 0.4) is 0 Å². The molecule has 0 fully saturated rings. The van der Waals surface area contributed by atoms with Gasteiger partial charge in [-0.1, -0.05) is 6.07 Å². The quantitative estimate of drug-likeness (QED) is 0.620. The van der Waals surface area contributed by atoms with Gasteiger partial charge in [-0.3, -0.25) is 5.41 Å². The van der Waals surface area contributed by atoms with Gasteiger partial charge in [0.05, 0.1) is 11.3 Å². The third kappa shape index (κ3) is 2.04. The van der Waals surface area contributed by atoms with E-state index >= 15 is 0 Å². The number of halogens is 2. The second-order valence-corrected chi connectivity index (χ2v) is 3.00. The van der Waals surface area contributed by atoms with Gasteiger partial charge >= 0.3 is 0 Å². The molecule has 6 heteroatoms. The lowest BCUT2D eigenvalue weighted by atomic mass is 10.1. The van der Waals surface area contributed by atoms with Crippen LogP contribution in [0.25, 0.3) is 5.69 Å². The number of nitrogens with two attached hydrogens (primary N) is 1. The van der Waals surface area contributed by atoms with E-state index in [4.69, 9.17) is 11.1 Å². The lowest BCUT2D eigenvalue weighted by Gasteiger charge is -2.08. The van der Waals surface area contributed by atoms with Crippen LogP contribution in [0, 0.1) is 11.2 Å². The summed E-state index contributed by atoms with van der Waals surface area (Å²) < 4.78 is 14.9. The summed E-state index contributed by atoms with van der Waals surface area (Å²) in [6.45, 7) is 0. The van der Waals surface area contributed by atoms with Crippen LogP contribution in [0.1, 0.15) is 5.56 Å². The smallest absolute Gasteiger partial charge is 0.136 e. The molecule has 0 radical (unpaired) electrons. The lowest BCUT2D eigenvalue weighted by molar-refractivity contribution is 0.622. The monoisotopic (exact) mass is 240 g/mol. The van der Waals surface area contributed by atoms with Gasteiger partial charge < -0.3 is 5.73 Å². The van der Waals surface area contributed by atoms with Gasteiger partial charge in [0.15, 0.2) is 0 Å². The molecule has 1 heterocycles. The van der Waals surface area contributed by atoms with Crippen LogP contribution in [0.15, 0.2) is 36.7 Å². The van der Waals surface area contributed by atoms with Gasteiger partial charge in [0.25, 0.3) is 0 Å². The second-order valence-electron chi connectivity index (χ2n) is 3.00. The predicted molar refractivity (Wildman–Crippen MR) is 61.8 cm³/mol. The molecule has 0 unspecified atom stereocenters. The molecule has 0 amide bonds. The molecule has 0 aliphatic carbocycles. The first-order chi connectivity index (χ1) is 7.20. The molecule has 0 aliphatic rings. The molecular weight excluding hydrogens is 231 g/mol. The summed E-state index contributed by atoms with van der Waals surface area (Å²) in [7, 11) is 0. The molecule has 1 aromatic heterocycles. The molecule has 1 aromatic carbocycles. The van der Waals surface area contributed by atoms with E-state index in [9.17, 15) is 4.39 Å². The van der Waals surface area contributed by atoms with Gasteiger partial charge in [0.1, 0.15) is 11.7 Å². The molecule has 0 saturated carbocycles. The second kappa shape index (κ2) is 4.76. The molecular formula is C10H10ClFN4. The van der Waals surface area contributed by atoms with E-state index in [0.717, 1.165) is 0 Å². The molecule has 0 saturated heterocycles. The summed E-state index contributed by atoms with van der Waals surface area (Å²) in [6.07, 6.45) is 3.25. The van der Waals surface area contributed by atoms with Crippen molar-refractivity contribution < 1.29 is 4.39 Å². The van der Waals surface area contributed by atoms with Crippen molar-refractivity contribution in [1.29, 1.82) is 5.41 Å². The Bertz CT molecular complexity index is 496. The average molecular weight is 241 g/mol. The van der Waals surface area contributed by atoms with Crippen LogP contribution in [0.4, 0.5) is 4.39 Å². The minimum absolute atomic E-state index is 0. The first kappa shape index (κ1) is 12.2. The van der Waals surface area contributed by atoms with Crippen LogP contribution in [0.5, 0.6) is 0 Å². The van der Waals surface area contributed by atoms with E-state index in [-0.39, 0.29) is 23.8 Å². The number of rotatable bonds is 2. The third-order valence-corrected chi connectivity index (χ3v) is 2.01. The highest BCUT2D eigenvalue weighted by molar-refractivity contribution is 5.98. The van der Waals surface area contributed by atoms with Crippen molar-refractivity contribution in [2.45, 2.75) is 0 Å². The first-order valence-electron chi connectivity index (χ1n) is 4.33. The highest BCUT2D eigenvalue weighted by Gasteiger charge is 2.12. The van der Waals surface area contributed by atoms with Crippen molar-refractivity contribution in [1.82, 2.24) is 9.78 Å². The number of benzene rings is 1. The number of nitrogens with one attached hydrogen (secondary N) is 1. The molecule has 2 aromatic rings. The number of hydrogen-bond acceptors (Lipinski definition) is 2. The topological polar surface area (TPSA) is 67.7 Å². The fourth-order valence-corrected chi connectivity index (χ4v) is 1.38. The molecule has 4 nitrogen and oxygen atoms in total. The Balaban J connectivity index is 0.00000128. The van der Waals surface area contributed by atoms with Gasteiger partial charge in [-0.05, 0) is 18.2 Å². The van der Waals surface area contributed by atoms with E-state index in [1.165, 1.54) is 10.7 Å². The van der Waals surface area contributed by atoms with E-state index in [2.05, 4.69) is 5.10 Å². The number of hydrogen-bond donors (Lipinski definition) is 2. The molecule has 16 heavy (non-hydrogen) atoms. The van der Waals surface area contributed by atoms with Crippen molar-refractivity contribution >= 4 is 18.2 Å². The largest absolute Gasteiger partial charge is 0.384 e. The summed E-state index contributed by atoms with van der Waals surface area (Å²) in [5.74, 6) is -0.825. The van der Waals surface area contributed by atoms with Crippen LogP contribution in [-0.2, 0) is 0 Å². The Morgan fingerprint density at radius 3 is 2.69 bits per heavy atom. The Labute approximate surface area is 97.8 Å². The Hall–Kier alpha value is -1.88. The van der Waals surface area contributed by atoms with Crippen molar-refractivity contribution in [2.24, 2.45) is 5.73 Å². The summed E-state index contributed by atoms with van der Waals surface area (Å²) in [6, 6.07) is 6.20. The fraction of sp³-hybridized carbons (Fsp3) is 0. The normalized spacial score (nSPS) is 9.56. The Morgan fingerprint density at radius 1 is 1.38 bits per heavy atom. The van der Waals surface area contributed by atoms with Gasteiger partial charge in [0, 0.05) is 12.4 Å². The predicted octanol–water partition coefficient (Wildman–Crippen LogP) is 1.72. The van der Waals surface area contributed by atoms with E-state index in [1.807, 2.05) is 0 Å². The molecule has 0 atom stereocenters. The number of nitrogens with zero attached hydrogens (tertiary/aromatic N) is 2. The minimum atomic E-state index is -0.518. The molecule has 0 bridgehead atoms. The maximum absolute atomic E-state index is 13.4. The molecule has 2 rings (SSSR count). The molecule has 0 spiro atoms. The van der Waals surface area contributed by atoms with Crippen molar-refractivity contribution in [3.63, 3.8) is 0 Å². The van der Waals surface area contributed by atoms with E-state index < -0.39 is 5.82 Å². The number of amidine groups is 1. The first-order valence-corrected chi connectivity index (χ1v) is 4.33. The zero-order chi connectivity index (χ0) is 10.8. The standard InChI is InChI=1S/C10H9FN4.ClH/c11-7-3-1-4-8(9(7)10(12)13)15-6-2-5-14-15;/h1-6H,(H3,12,13);1H. The van der Waals surface area contributed by atoms with Gasteiger partial charge in [-0.2, -0.15) is 5.10 Å². The maximum Gasteiger partial charge on any atom is 0.136 e. The van der Waals surface area contributed by atoms with Crippen LogP contribution >= 0.6 is 12.4 Å². The minimum Gasteiger partial charge on any atom is -0.384 e. The lowest BCUT2D eigenvalue weighted by Crippen LogP contribution is -2.17. The third-order valence-electron chi connectivity index (χ3n) is 2.01.